The average Bonchev–Trinajstić information content (AvgIpc) is 2.61. The van der Waals surface area contributed by atoms with Crippen LogP contribution in [0.15, 0.2) is 53.4 Å². The molecule has 0 saturated heterocycles. The lowest BCUT2D eigenvalue weighted by Gasteiger charge is -2.13. The topological polar surface area (TPSA) is 101 Å². The molecule has 2 aromatic carbocycles. The molecule has 0 radical (unpaired) electrons. The molecule has 0 aliphatic carbocycles. The van der Waals surface area contributed by atoms with E-state index in [9.17, 15) is 18.0 Å². The zero-order valence-corrected chi connectivity index (χ0v) is 15.4. The molecule has 0 unspecified atom stereocenters. The van der Waals surface area contributed by atoms with E-state index in [0.717, 1.165) is 5.56 Å². The molecule has 0 saturated carbocycles. The third kappa shape index (κ3) is 4.70. The number of benzene rings is 2. The summed E-state index contributed by atoms with van der Waals surface area (Å²) in [5.74, 6) is -1.38. The fourth-order valence-corrected chi connectivity index (χ4v) is 3.60. The van der Waals surface area contributed by atoms with E-state index < -0.39 is 27.0 Å². The van der Waals surface area contributed by atoms with Crippen LogP contribution in [0.25, 0.3) is 0 Å². The van der Waals surface area contributed by atoms with Gasteiger partial charge in [0.2, 0.25) is 0 Å². The zero-order valence-electron chi connectivity index (χ0n) is 14.6. The number of carboxylic acids is 1. The summed E-state index contributed by atoms with van der Waals surface area (Å²) in [6.45, 7) is 3.14. The van der Waals surface area contributed by atoms with Crippen LogP contribution < -0.4 is 5.32 Å². The van der Waals surface area contributed by atoms with E-state index >= 15 is 0 Å². The molecule has 0 bridgehead atoms. The molecule has 0 spiro atoms. The third-order valence-corrected chi connectivity index (χ3v) is 6.11. The van der Waals surface area contributed by atoms with Crippen LogP contribution in [-0.2, 0) is 21.1 Å². The second-order valence-corrected chi connectivity index (χ2v) is 8.61. The van der Waals surface area contributed by atoms with E-state index in [2.05, 4.69) is 5.32 Å². The number of carboxylic acid groups (broad SMARTS) is 1. The van der Waals surface area contributed by atoms with E-state index in [1.165, 1.54) is 12.1 Å². The first kappa shape index (κ1) is 19.7. The molecule has 6 nitrogen and oxygen atoms in total. The van der Waals surface area contributed by atoms with E-state index in [0.29, 0.717) is 12.1 Å². The fourth-order valence-electron chi connectivity index (χ4n) is 2.36. The number of carbonyl (C=O) groups excluding carboxylic acids is 1. The van der Waals surface area contributed by atoms with Gasteiger partial charge in [0, 0.05) is 12.1 Å². The van der Waals surface area contributed by atoms with E-state index in [1.54, 1.807) is 50.2 Å². The maximum atomic E-state index is 12.6. The van der Waals surface area contributed by atoms with Crippen LogP contribution in [0.5, 0.6) is 0 Å². The van der Waals surface area contributed by atoms with Gasteiger partial charge in [-0.05, 0) is 50.1 Å². The van der Waals surface area contributed by atoms with Gasteiger partial charge in [0.25, 0.3) is 5.91 Å². The molecule has 0 heterocycles. The lowest BCUT2D eigenvalue weighted by atomic mass is 10.1. The Hall–Kier alpha value is -2.67. The minimum atomic E-state index is -3.58. The van der Waals surface area contributed by atoms with Crippen molar-refractivity contribution in [1.82, 2.24) is 0 Å². The van der Waals surface area contributed by atoms with Crippen LogP contribution in [-0.4, -0.2) is 30.7 Å². The van der Waals surface area contributed by atoms with E-state index in [1.807, 2.05) is 0 Å². The van der Waals surface area contributed by atoms with Crippen molar-refractivity contribution in [2.45, 2.75) is 36.8 Å². The van der Waals surface area contributed by atoms with Crippen LogP contribution >= 0.6 is 0 Å². The highest BCUT2D eigenvalue weighted by molar-refractivity contribution is 7.92. The number of nitrogens with one attached hydrogen (secondary N) is 1. The van der Waals surface area contributed by atoms with Crippen molar-refractivity contribution in [3.05, 3.63) is 59.7 Å². The van der Waals surface area contributed by atoms with Crippen molar-refractivity contribution in [2.75, 3.05) is 5.32 Å². The minimum Gasteiger partial charge on any atom is -0.481 e. The summed E-state index contributed by atoms with van der Waals surface area (Å²) in [6, 6.07) is 12.9. The van der Waals surface area contributed by atoms with Gasteiger partial charge in [-0.15, -0.1) is 0 Å². The largest absolute Gasteiger partial charge is 0.481 e. The molecule has 7 heteroatoms. The lowest BCUT2D eigenvalue weighted by Crippen LogP contribution is -2.20. The van der Waals surface area contributed by atoms with Gasteiger partial charge < -0.3 is 10.4 Å². The molecule has 138 valence electrons. The van der Waals surface area contributed by atoms with E-state index in [4.69, 9.17) is 5.11 Å². The summed E-state index contributed by atoms with van der Waals surface area (Å²) in [5, 5.41) is 10.7. The number of anilines is 1. The fraction of sp³-hybridized carbons (Fsp3) is 0.263. The Morgan fingerprint density at radius 1 is 1.04 bits per heavy atom. The maximum absolute atomic E-state index is 12.6. The SMILES string of the molecule is CC(C)S(=O)(=O)c1ccccc1C(=O)Nc1ccc(CCC(=O)O)cc1. The van der Waals surface area contributed by atoms with Crippen LogP contribution in [0.2, 0.25) is 0 Å². The highest BCUT2D eigenvalue weighted by Gasteiger charge is 2.25. The number of hydrogen-bond acceptors (Lipinski definition) is 4. The average molecular weight is 375 g/mol. The summed E-state index contributed by atoms with van der Waals surface area (Å²) in [4.78, 5) is 23.2. The summed E-state index contributed by atoms with van der Waals surface area (Å²) >= 11 is 0. The molecule has 0 aromatic heterocycles. The number of rotatable bonds is 7. The van der Waals surface area contributed by atoms with Gasteiger partial charge in [-0.3, -0.25) is 9.59 Å². The van der Waals surface area contributed by atoms with Gasteiger partial charge in [0.15, 0.2) is 9.84 Å². The van der Waals surface area contributed by atoms with Crippen molar-refractivity contribution < 1.29 is 23.1 Å². The van der Waals surface area contributed by atoms with Crippen LogP contribution in [0, 0.1) is 0 Å². The first-order chi connectivity index (χ1) is 12.2. The van der Waals surface area contributed by atoms with Gasteiger partial charge in [-0.2, -0.15) is 0 Å². The third-order valence-electron chi connectivity index (χ3n) is 3.90. The van der Waals surface area contributed by atoms with Crippen molar-refractivity contribution >= 4 is 27.4 Å². The normalized spacial score (nSPS) is 11.3. The van der Waals surface area contributed by atoms with Crippen molar-refractivity contribution in [1.29, 1.82) is 0 Å². The Morgan fingerprint density at radius 2 is 1.65 bits per heavy atom. The standard InChI is InChI=1S/C19H21NO5S/c1-13(2)26(24,25)17-6-4-3-5-16(17)19(23)20-15-10-7-14(8-11-15)9-12-18(21)22/h3-8,10-11,13H,9,12H2,1-2H3,(H,20,23)(H,21,22). The lowest BCUT2D eigenvalue weighted by molar-refractivity contribution is -0.136. The Morgan fingerprint density at radius 3 is 2.23 bits per heavy atom. The minimum absolute atomic E-state index is 0.00517. The Labute approximate surface area is 152 Å². The number of sulfone groups is 1. The predicted molar refractivity (Wildman–Crippen MR) is 99.1 cm³/mol. The monoisotopic (exact) mass is 375 g/mol. The van der Waals surface area contributed by atoms with Crippen LogP contribution in [0.3, 0.4) is 0 Å². The van der Waals surface area contributed by atoms with Crippen LogP contribution in [0.4, 0.5) is 5.69 Å². The highest BCUT2D eigenvalue weighted by Crippen LogP contribution is 2.22. The Balaban J connectivity index is 2.20. The molecule has 0 atom stereocenters. The zero-order chi connectivity index (χ0) is 19.3. The second-order valence-electron chi connectivity index (χ2n) is 6.13. The van der Waals surface area contributed by atoms with Gasteiger partial charge in [-0.25, -0.2) is 8.42 Å². The molecular formula is C19H21NO5S. The van der Waals surface area contributed by atoms with Gasteiger partial charge in [0.1, 0.15) is 0 Å². The number of hydrogen-bond donors (Lipinski definition) is 2. The highest BCUT2D eigenvalue weighted by atomic mass is 32.2. The summed E-state index contributed by atoms with van der Waals surface area (Å²) in [6.07, 6.45) is 0.436. The molecule has 1 amide bonds. The predicted octanol–water partition coefficient (Wildman–Crippen LogP) is 3.14. The molecular weight excluding hydrogens is 354 g/mol. The number of carbonyl (C=O) groups is 2. The first-order valence-corrected chi connectivity index (χ1v) is 9.71. The quantitative estimate of drug-likeness (QED) is 0.774. The maximum Gasteiger partial charge on any atom is 0.303 e. The molecule has 26 heavy (non-hydrogen) atoms. The number of aliphatic carboxylic acids is 1. The number of aryl methyl sites for hydroxylation is 1. The van der Waals surface area contributed by atoms with E-state index in [-0.39, 0.29) is 16.9 Å². The summed E-state index contributed by atoms with van der Waals surface area (Å²) < 4.78 is 24.9. The molecule has 0 fully saturated rings. The summed E-state index contributed by atoms with van der Waals surface area (Å²) in [5.41, 5.74) is 1.44. The van der Waals surface area contributed by atoms with Crippen molar-refractivity contribution in [3.63, 3.8) is 0 Å². The van der Waals surface area contributed by atoms with Crippen molar-refractivity contribution in [3.8, 4) is 0 Å². The van der Waals surface area contributed by atoms with Crippen LogP contribution in [0.1, 0.15) is 36.2 Å². The molecule has 2 aromatic rings. The number of amides is 1. The molecule has 0 aliphatic heterocycles. The van der Waals surface area contributed by atoms with Gasteiger partial charge >= 0.3 is 5.97 Å². The second kappa shape index (κ2) is 8.14. The van der Waals surface area contributed by atoms with Crippen molar-refractivity contribution in [2.24, 2.45) is 0 Å². The Bertz CT molecular complexity index is 902. The smallest absolute Gasteiger partial charge is 0.303 e. The molecule has 0 aliphatic rings. The molecule has 2 rings (SSSR count). The first-order valence-electron chi connectivity index (χ1n) is 8.17. The van der Waals surface area contributed by atoms with Gasteiger partial charge in [-0.1, -0.05) is 24.3 Å². The Kier molecular flexibility index (Phi) is 6.15. The molecule has 2 N–H and O–H groups in total. The summed E-state index contributed by atoms with van der Waals surface area (Å²) in [7, 11) is -3.58. The van der Waals surface area contributed by atoms with Gasteiger partial charge in [0.05, 0.1) is 15.7 Å².